The summed E-state index contributed by atoms with van der Waals surface area (Å²) in [4.78, 5) is 14.5. The number of hydrogen-bond donors (Lipinski definition) is 2. The Balaban J connectivity index is 3.01. The molecule has 0 saturated carbocycles. The molecule has 0 aliphatic carbocycles. The highest BCUT2D eigenvalue weighted by Crippen LogP contribution is 2.17. The first-order valence-electron chi connectivity index (χ1n) is 3.70. The fourth-order valence-corrected chi connectivity index (χ4v) is 0.942. The molecule has 0 aromatic carbocycles. The third kappa shape index (κ3) is 2.36. The smallest absolute Gasteiger partial charge is 0.316 e. The van der Waals surface area contributed by atoms with Crippen LogP contribution in [0.3, 0.4) is 0 Å². The van der Waals surface area contributed by atoms with Gasteiger partial charge in [0.15, 0.2) is 0 Å². The molecule has 0 unspecified atom stereocenters. The third-order valence-corrected chi connectivity index (χ3v) is 1.44. The summed E-state index contributed by atoms with van der Waals surface area (Å²) in [5.74, 6) is 0.351. The van der Waals surface area contributed by atoms with E-state index in [0.29, 0.717) is 11.6 Å². The quantitative estimate of drug-likeness (QED) is 0.562. The molecule has 0 spiro atoms. The van der Waals surface area contributed by atoms with Crippen LogP contribution < -0.4 is 21.3 Å². The minimum Gasteiger partial charge on any atom is -0.480 e. The molecule has 1 heterocycles. The molecule has 68 valence electrons. The van der Waals surface area contributed by atoms with Crippen molar-refractivity contribution in [3.05, 3.63) is 12.3 Å². The van der Waals surface area contributed by atoms with Crippen molar-refractivity contribution < 1.29 is 9.53 Å². The summed E-state index contributed by atoms with van der Waals surface area (Å²) in [6.07, 6.45) is 1.64. The number of aromatic nitrogens is 1. The Labute approximate surface area is 76.7 Å². The number of pyridine rings is 1. The second kappa shape index (κ2) is 3.80. The van der Waals surface area contributed by atoms with Crippen molar-refractivity contribution in [1.82, 2.24) is 4.98 Å². The number of anilines is 1. The van der Waals surface area contributed by atoms with E-state index in [1.165, 1.54) is 7.11 Å². The van der Waals surface area contributed by atoms with Gasteiger partial charge in [-0.25, -0.2) is 9.78 Å². The van der Waals surface area contributed by atoms with E-state index in [-0.39, 0.29) is 0 Å². The molecule has 0 atom stereocenters. The van der Waals surface area contributed by atoms with Crippen LogP contribution in [0.1, 0.15) is 0 Å². The van der Waals surface area contributed by atoms with Crippen LogP contribution in [-0.4, -0.2) is 26.0 Å². The Morgan fingerprint density at radius 2 is 2.46 bits per heavy atom. The van der Waals surface area contributed by atoms with Crippen LogP contribution in [0, 0.1) is 0 Å². The van der Waals surface area contributed by atoms with Gasteiger partial charge in [-0.1, -0.05) is 5.46 Å². The summed E-state index contributed by atoms with van der Waals surface area (Å²) in [7, 11) is 3.34. The van der Waals surface area contributed by atoms with Gasteiger partial charge in [-0.15, -0.1) is 0 Å². The largest absolute Gasteiger partial charge is 0.480 e. The fourth-order valence-electron chi connectivity index (χ4n) is 0.942. The maximum atomic E-state index is 10.6. The number of urea groups is 1. The summed E-state index contributed by atoms with van der Waals surface area (Å²) in [5.41, 5.74) is 6.37. The minimum atomic E-state index is -0.634. The van der Waals surface area contributed by atoms with Gasteiger partial charge in [-0.2, -0.15) is 0 Å². The second-order valence-corrected chi connectivity index (χ2v) is 2.56. The molecule has 6 heteroatoms. The van der Waals surface area contributed by atoms with E-state index in [4.69, 9.17) is 10.5 Å². The number of hydrogen-bond acceptors (Lipinski definition) is 3. The van der Waals surface area contributed by atoms with Gasteiger partial charge in [0.25, 0.3) is 0 Å². The van der Waals surface area contributed by atoms with E-state index in [9.17, 15) is 4.79 Å². The first-order valence-corrected chi connectivity index (χ1v) is 3.70. The maximum absolute atomic E-state index is 10.6. The molecule has 0 aliphatic heterocycles. The average molecular weight is 179 g/mol. The second-order valence-electron chi connectivity index (χ2n) is 2.56. The Kier molecular flexibility index (Phi) is 2.74. The zero-order valence-electron chi connectivity index (χ0n) is 7.50. The number of nitrogens with two attached hydrogens (primary N) is 1. The van der Waals surface area contributed by atoms with Crippen LogP contribution in [0.4, 0.5) is 10.5 Å². The summed E-state index contributed by atoms with van der Waals surface area (Å²) in [6.45, 7) is 0. The molecule has 3 N–H and O–H groups in total. The van der Waals surface area contributed by atoms with Crippen LogP contribution in [0.25, 0.3) is 0 Å². The van der Waals surface area contributed by atoms with Crippen molar-refractivity contribution in [3.63, 3.8) is 0 Å². The van der Waals surface area contributed by atoms with Crippen LogP contribution in [-0.2, 0) is 0 Å². The number of amides is 2. The van der Waals surface area contributed by atoms with Crippen LogP contribution in [0.2, 0.25) is 0 Å². The van der Waals surface area contributed by atoms with Gasteiger partial charge in [-0.3, -0.25) is 0 Å². The summed E-state index contributed by atoms with van der Waals surface area (Å²) in [5, 5.41) is 2.42. The van der Waals surface area contributed by atoms with Crippen LogP contribution in [0.5, 0.6) is 5.88 Å². The monoisotopic (exact) mass is 179 g/mol. The predicted molar refractivity (Wildman–Crippen MR) is 52.2 cm³/mol. The average Bonchev–Trinajstić information content (AvgIpc) is 2.03. The number of carbonyl (C=O) groups is 1. The highest BCUT2D eigenvalue weighted by atomic mass is 16.5. The Morgan fingerprint density at radius 1 is 1.77 bits per heavy atom. The van der Waals surface area contributed by atoms with Crippen LogP contribution >= 0.6 is 0 Å². The summed E-state index contributed by atoms with van der Waals surface area (Å²) >= 11 is 0. The summed E-state index contributed by atoms with van der Waals surface area (Å²) in [6, 6.07) is 1.10. The molecule has 13 heavy (non-hydrogen) atoms. The van der Waals surface area contributed by atoms with Gasteiger partial charge in [0, 0.05) is 6.20 Å². The van der Waals surface area contributed by atoms with E-state index in [1.54, 1.807) is 12.3 Å². The van der Waals surface area contributed by atoms with Crippen LogP contribution in [0.15, 0.2) is 12.3 Å². The molecule has 0 fully saturated rings. The molecule has 0 radical (unpaired) electrons. The third-order valence-electron chi connectivity index (χ3n) is 1.44. The van der Waals surface area contributed by atoms with E-state index in [1.807, 2.05) is 7.85 Å². The molecule has 0 saturated heterocycles. The lowest BCUT2D eigenvalue weighted by atomic mass is 9.98. The SMILES string of the molecule is Bc1cnc(OC)c(NC(N)=O)c1. The molecular weight excluding hydrogens is 169 g/mol. The number of rotatable bonds is 2. The van der Waals surface area contributed by atoms with E-state index < -0.39 is 6.03 Å². The van der Waals surface area contributed by atoms with E-state index >= 15 is 0 Å². The Hall–Kier alpha value is -1.72. The number of primary amides is 1. The number of nitrogens with one attached hydrogen (secondary N) is 1. The normalized spacial score (nSPS) is 9.31. The predicted octanol–water partition coefficient (Wildman–Crippen LogP) is -1.16. The number of nitrogens with zero attached hydrogens (tertiary/aromatic N) is 1. The first-order chi connectivity index (χ1) is 6.13. The molecule has 5 nitrogen and oxygen atoms in total. The highest BCUT2D eigenvalue weighted by Gasteiger charge is 2.05. The highest BCUT2D eigenvalue weighted by molar-refractivity contribution is 6.32. The standard InChI is InChI=1S/C7H10BN3O2/c1-13-6-5(11-7(9)12)2-4(8)3-10-6/h2-3H,8H2,1H3,(H3,9,11,12). The molecule has 2 amide bonds. The zero-order chi connectivity index (χ0) is 9.84. The van der Waals surface area contributed by atoms with Crippen molar-refractivity contribution in [2.24, 2.45) is 5.73 Å². The molecule has 1 aromatic heterocycles. The van der Waals surface area contributed by atoms with Crippen molar-refractivity contribution in [3.8, 4) is 5.88 Å². The molecule has 1 rings (SSSR count). The molecule has 0 bridgehead atoms. The lowest BCUT2D eigenvalue weighted by molar-refractivity contribution is 0.259. The summed E-state index contributed by atoms with van der Waals surface area (Å²) < 4.78 is 4.92. The molecule has 1 aromatic rings. The Morgan fingerprint density at radius 3 is 3.00 bits per heavy atom. The van der Waals surface area contributed by atoms with Crippen molar-refractivity contribution in [2.45, 2.75) is 0 Å². The van der Waals surface area contributed by atoms with Gasteiger partial charge in [0.2, 0.25) is 5.88 Å². The number of carbonyl (C=O) groups excluding carboxylic acids is 1. The van der Waals surface area contributed by atoms with Crippen molar-refractivity contribution >= 4 is 25.0 Å². The number of methoxy groups -OCH3 is 1. The van der Waals surface area contributed by atoms with Gasteiger partial charge >= 0.3 is 6.03 Å². The zero-order valence-corrected chi connectivity index (χ0v) is 7.50. The topological polar surface area (TPSA) is 77.2 Å². The maximum Gasteiger partial charge on any atom is 0.316 e. The fraction of sp³-hybridized carbons (Fsp3) is 0.143. The molecular formula is C7H10BN3O2. The minimum absolute atomic E-state index is 0.351. The number of ether oxygens (including phenoxy) is 1. The van der Waals surface area contributed by atoms with Gasteiger partial charge < -0.3 is 15.8 Å². The van der Waals surface area contributed by atoms with E-state index in [2.05, 4.69) is 10.3 Å². The van der Waals surface area contributed by atoms with Gasteiger partial charge in [0.1, 0.15) is 13.5 Å². The van der Waals surface area contributed by atoms with Crippen molar-refractivity contribution in [2.75, 3.05) is 12.4 Å². The van der Waals surface area contributed by atoms with E-state index in [0.717, 1.165) is 5.46 Å². The van der Waals surface area contributed by atoms with Crippen molar-refractivity contribution in [1.29, 1.82) is 0 Å². The lowest BCUT2D eigenvalue weighted by Gasteiger charge is -2.07. The van der Waals surface area contributed by atoms with Gasteiger partial charge in [-0.05, 0) is 6.07 Å². The van der Waals surface area contributed by atoms with Gasteiger partial charge in [0.05, 0.1) is 7.11 Å². The Bertz CT molecular complexity index is 330. The lowest BCUT2D eigenvalue weighted by Crippen LogP contribution is -2.21. The molecule has 0 aliphatic rings. The first kappa shape index (κ1) is 9.37.